The van der Waals surface area contributed by atoms with Crippen LogP contribution in [0.15, 0.2) is 18.2 Å². The second-order valence-electron chi connectivity index (χ2n) is 3.92. The summed E-state index contributed by atoms with van der Waals surface area (Å²) in [4.78, 5) is 22.5. The van der Waals surface area contributed by atoms with E-state index in [1.807, 2.05) is 6.92 Å². The molecule has 0 bridgehead atoms. The number of halogens is 1. The summed E-state index contributed by atoms with van der Waals surface area (Å²) in [5.74, 6) is -1.43. The van der Waals surface area contributed by atoms with E-state index in [-0.39, 0.29) is 17.9 Å². The van der Waals surface area contributed by atoms with Gasteiger partial charge >= 0.3 is 5.97 Å². The first-order valence-corrected chi connectivity index (χ1v) is 6.21. The maximum atomic E-state index is 13.7. The molecule has 1 atom stereocenters. The van der Waals surface area contributed by atoms with Crippen molar-refractivity contribution in [2.75, 3.05) is 6.61 Å². The van der Waals surface area contributed by atoms with Crippen LogP contribution in [0.1, 0.15) is 37.0 Å². The van der Waals surface area contributed by atoms with Crippen molar-refractivity contribution < 1.29 is 23.5 Å². The van der Waals surface area contributed by atoms with Gasteiger partial charge in [0.15, 0.2) is 24.0 Å². The summed E-state index contributed by atoms with van der Waals surface area (Å²) in [6.45, 7) is 3.78. The van der Waals surface area contributed by atoms with Crippen LogP contribution in [0.5, 0.6) is 5.75 Å². The van der Waals surface area contributed by atoms with Crippen LogP contribution in [-0.4, -0.2) is 25.0 Å². The SMILES string of the molecule is CCCC(Oc1c(F)cccc1C=O)C(=O)OCC. The van der Waals surface area contributed by atoms with E-state index in [9.17, 15) is 14.0 Å². The van der Waals surface area contributed by atoms with Crippen molar-refractivity contribution in [3.8, 4) is 5.75 Å². The number of hydrogen-bond acceptors (Lipinski definition) is 4. The van der Waals surface area contributed by atoms with E-state index in [0.29, 0.717) is 19.1 Å². The van der Waals surface area contributed by atoms with Gasteiger partial charge in [0.1, 0.15) is 0 Å². The van der Waals surface area contributed by atoms with E-state index >= 15 is 0 Å². The lowest BCUT2D eigenvalue weighted by Gasteiger charge is -2.18. The van der Waals surface area contributed by atoms with Crippen LogP contribution >= 0.6 is 0 Å². The Hall–Kier alpha value is -1.91. The molecule has 0 aliphatic heterocycles. The number of hydrogen-bond donors (Lipinski definition) is 0. The number of ether oxygens (including phenoxy) is 2. The van der Waals surface area contributed by atoms with Gasteiger partial charge in [-0.25, -0.2) is 9.18 Å². The minimum atomic E-state index is -0.902. The number of carbonyl (C=O) groups excluding carboxylic acids is 2. The fourth-order valence-corrected chi connectivity index (χ4v) is 1.61. The summed E-state index contributed by atoms with van der Waals surface area (Å²) >= 11 is 0. The Morgan fingerprint density at radius 1 is 1.42 bits per heavy atom. The lowest BCUT2D eigenvalue weighted by Crippen LogP contribution is -2.30. The number of esters is 1. The summed E-state index contributed by atoms with van der Waals surface area (Å²) in [7, 11) is 0. The molecule has 5 heteroatoms. The van der Waals surface area contributed by atoms with Crippen LogP contribution in [0.4, 0.5) is 4.39 Å². The monoisotopic (exact) mass is 268 g/mol. The van der Waals surface area contributed by atoms with Crippen molar-refractivity contribution in [2.24, 2.45) is 0 Å². The first-order chi connectivity index (χ1) is 9.13. The molecule has 104 valence electrons. The zero-order valence-electron chi connectivity index (χ0n) is 11.0. The van der Waals surface area contributed by atoms with Gasteiger partial charge < -0.3 is 9.47 Å². The number of carbonyl (C=O) groups is 2. The van der Waals surface area contributed by atoms with Gasteiger partial charge in [0, 0.05) is 0 Å². The van der Waals surface area contributed by atoms with Gasteiger partial charge in [0.2, 0.25) is 0 Å². The van der Waals surface area contributed by atoms with Crippen molar-refractivity contribution >= 4 is 12.3 Å². The van der Waals surface area contributed by atoms with Crippen LogP contribution in [0.3, 0.4) is 0 Å². The fourth-order valence-electron chi connectivity index (χ4n) is 1.61. The molecule has 1 aromatic rings. The average molecular weight is 268 g/mol. The first-order valence-electron chi connectivity index (χ1n) is 6.21. The Morgan fingerprint density at radius 3 is 2.74 bits per heavy atom. The van der Waals surface area contributed by atoms with Crippen molar-refractivity contribution in [1.82, 2.24) is 0 Å². The Bertz CT molecular complexity index is 445. The average Bonchev–Trinajstić information content (AvgIpc) is 2.40. The normalized spacial score (nSPS) is 11.7. The van der Waals surface area contributed by atoms with Crippen molar-refractivity contribution in [1.29, 1.82) is 0 Å². The molecule has 0 fully saturated rings. The second kappa shape index (κ2) is 7.51. The molecule has 0 N–H and O–H groups in total. The predicted molar refractivity (Wildman–Crippen MR) is 67.7 cm³/mol. The topological polar surface area (TPSA) is 52.6 Å². The zero-order valence-corrected chi connectivity index (χ0v) is 11.0. The maximum Gasteiger partial charge on any atom is 0.347 e. The van der Waals surface area contributed by atoms with Gasteiger partial charge in [-0.05, 0) is 25.5 Å². The fraction of sp³-hybridized carbons (Fsp3) is 0.429. The molecule has 4 nitrogen and oxygen atoms in total. The van der Waals surface area contributed by atoms with Crippen molar-refractivity contribution in [3.63, 3.8) is 0 Å². The molecule has 1 unspecified atom stereocenters. The summed E-state index contributed by atoms with van der Waals surface area (Å²) in [6.07, 6.45) is 0.660. The molecule has 1 rings (SSSR count). The lowest BCUT2D eigenvalue weighted by atomic mass is 10.2. The third-order valence-electron chi connectivity index (χ3n) is 2.48. The predicted octanol–water partition coefficient (Wildman–Crippen LogP) is 2.75. The first kappa shape index (κ1) is 15.1. The minimum absolute atomic E-state index is 0.0744. The number of para-hydroxylation sites is 1. The Morgan fingerprint density at radius 2 is 2.16 bits per heavy atom. The minimum Gasteiger partial charge on any atom is -0.475 e. The molecule has 0 spiro atoms. The summed E-state index contributed by atoms with van der Waals surface area (Å²) in [6, 6.07) is 4.02. The highest BCUT2D eigenvalue weighted by Gasteiger charge is 2.23. The highest BCUT2D eigenvalue weighted by molar-refractivity contribution is 5.80. The quantitative estimate of drug-likeness (QED) is 0.563. The van der Waals surface area contributed by atoms with E-state index in [1.165, 1.54) is 18.2 Å². The molecular formula is C14H17FO4. The molecule has 0 heterocycles. The van der Waals surface area contributed by atoms with Crippen LogP contribution in [-0.2, 0) is 9.53 Å². The molecule has 0 aliphatic rings. The standard InChI is InChI=1S/C14H17FO4/c1-3-6-12(14(17)18-4-2)19-13-10(9-16)7-5-8-11(13)15/h5,7-9,12H,3-4,6H2,1-2H3. The third kappa shape index (κ3) is 4.05. The maximum absolute atomic E-state index is 13.7. The van der Waals surface area contributed by atoms with Crippen molar-refractivity contribution in [3.05, 3.63) is 29.6 Å². The number of benzene rings is 1. The molecule has 0 amide bonds. The smallest absolute Gasteiger partial charge is 0.347 e. The Balaban J connectivity index is 2.96. The highest BCUT2D eigenvalue weighted by atomic mass is 19.1. The van der Waals surface area contributed by atoms with Crippen LogP contribution < -0.4 is 4.74 Å². The summed E-state index contributed by atoms with van der Waals surface area (Å²) in [5, 5.41) is 0. The van der Waals surface area contributed by atoms with E-state index in [2.05, 4.69) is 0 Å². The third-order valence-corrected chi connectivity index (χ3v) is 2.48. The molecule has 1 aromatic carbocycles. The van der Waals surface area contributed by atoms with Gasteiger partial charge in [0.25, 0.3) is 0 Å². The molecule has 0 saturated carbocycles. The second-order valence-corrected chi connectivity index (χ2v) is 3.92. The molecule has 0 aliphatic carbocycles. The Labute approximate surface area is 111 Å². The summed E-state index contributed by atoms with van der Waals surface area (Å²) in [5.41, 5.74) is 0.0744. The molecule has 0 saturated heterocycles. The van der Waals surface area contributed by atoms with Crippen molar-refractivity contribution in [2.45, 2.75) is 32.8 Å². The zero-order chi connectivity index (χ0) is 14.3. The van der Waals surface area contributed by atoms with Crippen LogP contribution in [0.25, 0.3) is 0 Å². The molecule has 0 aromatic heterocycles. The molecular weight excluding hydrogens is 251 g/mol. The largest absolute Gasteiger partial charge is 0.475 e. The van der Waals surface area contributed by atoms with Crippen LogP contribution in [0.2, 0.25) is 0 Å². The van der Waals surface area contributed by atoms with E-state index in [0.717, 1.165) is 0 Å². The van der Waals surface area contributed by atoms with Gasteiger partial charge in [-0.2, -0.15) is 0 Å². The van der Waals surface area contributed by atoms with Gasteiger partial charge in [-0.3, -0.25) is 4.79 Å². The highest BCUT2D eigenvalue weighted by Crippen LogP contribution is 2.23. The lowest BCUT2D eigenvalue weighted by molar-refractivity contribution is -0.151. The van der Waals surface area contributed by atoms with Gasteiger partial charge in [-0.1, -0.05) is 19.4 Å². The number of aldehydes is 1. The van der Waals surface area contributed by atoms with Gasteiger partial charge in [0.05, 0.1) is 12.2 Å². The Kier molecular flexibility index (Phi) is 5.99. The van der Waals surface area contributed by atoms with E-state index in [1.54, 1.807) is 6.92 Å². The molecule has 0 radical (unpaired) electrons. The van der Waals surface area contributed by atoms with E-state index < -0.39 is 17.9 Å². The van der Waals surface area contributed by atoms with Crippen LogP contribution in [0, 0.1) is 5.82 Å². The van der Waals surface area contributed by atoms with Gasteiger partial charge in [-0.15, -0.1) is 0 Å². The van der Waals surface area contributed by atoms with E-state index in [4.69, 9.17) is 9.47 Å². The summed E-state index contributed by atoms with van der Waals surface area (Å²) < 4.78 is 23.9. The number of rotatable bonds is 7. The molecule has 19 heavy (non-hydrogen) atoms.